The zero-order valence-corrected chi connectivity index (χ0v) is 10.6. The monoisotopic (exact) mass is 254 g/mol. The van der Waals surface area contributed by atoms with Crippen LogP contribution in [0.15, 0.2) is 24.3 Å². The lowest BCUT2D eigenvalue weighted by atomic mass is 10.1. The highest BCUT2D eigenvalue weighted by molar-refractivity contribution is 6.17. The summed E-state index contributed by atoms with van der Waals surface area (Å²) in [7, 11) is 3.28. The number of alkyl halides is 1. The standard InChI is InChI=1S/C12H15ClN2O2/c1-15(2)11(16)8-14-12(17)10-5-3-4-9(6-10)7-13/h3-6H,7-8H2,1-2H3,(H,14,17). The average Bonchev–Trinajstić information content (AvgIpc) is 2.35. The van der Waals surface area contributed by atoms with Crippen LogP contribution in [0.4, 0.5) is 0 Å². The summed E-state index contributed by atoms with van der Waals surface area (Å²) in [5.41, 5.74) is 1.38. The zero-order valence-electron chi connectivity index (χ0n) is 9.87. The van der Waals surface area contributed by atoms with Crippen molar-refractivity contribution < 1.29 is 9.59 Å². The third kappa shape index (κ3) is 4.07. The Balaban J connectivity index is 2.61. The van der Waals surface area contributed by atoms with Crippen molar-refractivity contribution >= 4 is 23.4 Å². The number of rotatable bonds is 4. The maximum atomic E-state index is 11.7. The van der Waals surface area contributed by atoms with Gasteiger partial charge in [0.2, 0.25) is 5.91 Å². The molecule has 0 saturated heterocycles. The predicted molar refractivity (Wildman–Crippen MR) is 67.0 cm³/mol. The first kappa shape index (κ1) is 13.5. The minimum absolute atomic E-state index is 0.00304. The lowest BCUT2D eigenvalue weighted by molar-refractivity contribution is -0.127. The third-order valence-corrected chi connectivity index (χ3v) is 2.55. The molecule has 1 rings (SSSR count). The van der Waals surface area contributed by atoms with E-state index in [1.165, 1.54) is 4.90 Å². The van der Waals surface area contributed by atoms with E-state index in [4.69, 9.17) is 11.6 Å². The van der Waals surface area contributed by atoms with Crippen LogP contribution in [-0.4, -0.2) is 37.4 Å². The van der Waals surface area contributed by atoms with E-state index in [2.05, 4.69) is 5.32 Å². The van der Waals surface area contributed by atoms with Gasteiger partial charge >= 0.3 is 0 Å². The molecule has 0 spiro atoms. The van der Waals surface area contributed by atoms with Gasteiger partial charge in [0.25, 0.3) is 5.91 Å². The van der Waals surface area contributed by atoms with E-state index in [0.29, 0.717) is 11.4 Å². The number of likely N-dealkylation sites (N-methyl/N-ethyl adjacent to an activating group) is 1. The van der Waals surface area contributed by atoms with E-state index in [9.17, 15) is 9.59 Å². The number of nitrogens with zero attached hydrogens (tertiary/aromatic N) is 1. The van der Waals surface area contributed by atoms with Crippen molar-refractivity contribution in [2.45, 2.75) is 5.88 Å². The number of carbonyl (C=O) groups is 2. The van der Waals surface area contributed by atoms with E-state index < -0.39 is 0 Å². The summed E-state index contributed by atoms with van der Waals surface area (Å²) < 4.78 is 0. The number of benzene rings is 1. The molecule has 0 fully saturated rings. The van der Waals surface area contributed by atoms with Gasteiger partial charge in [-0.3, -0.25) is 9.59 Å². The lowest BCUT2D eigenvalue weighted by Gasteiger charge is -2.11. The van der Waals surface area contributed by atoms with E-state index in [1.807, 2.05) is 6.07 Å². The van der Waals surface area contributed by atoms with Gasteiger partial charge in [0, 0.05) is 25.5 Å². The number of nitrogens with one attached hydrogen (secondary N) is 1. The van der Waals surface area contributed by atoms with Crippen LogP contribution in [0.2, 0.25) is 0 Å². The van der Waals surface area contributed by atoms with Crippen LogP contribution in [0, 0.1) is 0 Å². The largest absolute Gasteiger partial charge is 0.347 e. The minimum Gasteiger partial charge on any atom is -0.347 e. The van der Waals surface area contributed by atoms with Crippen LogP contribution < -0.4 is 5.32 Å². The summed E-state index contributed by atoms with van der Waals surface area (Å²) in [5.74, 6) is -0.0587. The van der Waals surface area contributed by atoms with Crippen LogP contribution in [-0.2, 0) is 10.7 Å². The van der Waals surface area contributed by atoms with E-state index in [1.54, 1.807) is 32.3 Å². The number of hydrogen-bond donors (Lipinski definition) is 1. The van der Waals surface area contributed by atoms with Gasteiger partial charge in [0.1, 0.15) is 0 Å². The maximum Gasteiger partial charge on any atom is 0.251 e. The Morgan fingerprint density at radius 2 is 2.06 bits per heavy atom. The molecule has 1 N–H and O–H groups in total. The highest BCUT2D eigenvalue weighted by atomic mass is 35.5. The number of carbonyl (C=O) groups excluding carboxylic acids is 2. The SMILES string of the molecule is CN(C)C(=O)CNC(=O)c1cccc(CCl)c1. The van der Waals surface area contributed by atoms with Crippen LogP contribution in [0.25, 0.3) is 0 Å². The van der Waals surface area contributed by atoms with Crippen molar-refractivity contribution in [2.24, 2.45) is 0 Å². The first-order chi connectivity index (χ1) is 8.04. The molecule has 0 radical (unpaired) electrons. The predicted octanol–water partition coefficient (Wildman–Crippen LogP) is 1.24. The maximum absolute atomic E-state index is 11.7. The second kappa shape index (κ2) is 6.25. The molecule has 0 aliphatic heterocycles. The molecule has 0 bridgehead atoms. The Hall–Kier alpha value is -1.55. The molecule has 4 nitrogen and oxygen atoms in total. The van der Waals surface area contributed by atoms with Gasteiger partial charge in [-0.05, 0) is 17.7 Å². The molecule has 0 aliphatic carbocycles. The third-order valence-electron chi connectivity index (χ3n) is 2.24. The lowest BCUT2D eigenvalue weighted by Crippen LogP contribution is -2.36. The molecule has 0 aromatic heterocycles. The molecule has 0 unspecified atom stereocenters. The van der Waals surface area contributed by atoms with Crippen molar-refractivity contribution in [1.82, 2.24) is 10.2 Å². The van der Waals surface area contributed by atoms with Crippen molar-refractivity contribution in [3.8, 4) is 0 Å². The molecule has 1 aromatic rings. The van der Waals surface area contributed by atoms with Crippen LogP contribution in [0.5, 0.6) is 0 Å². The van der Waals surface area contributed by atoms with Gasteiger partial charge in [-0.2, -0.15) is 0 Å². The molecular formula is C12H15ClN2O2. The summed E-state index contributed by atoms with van der Waals surface area (Å²) in [6.07, 6.45) is 0. The quantitative estimate of drug-likeness (QED) is 0.822. The molecule has 5 heteroatoms. The topological polar surface area (TPSA) is 49.4 Å². The molecular weight excluding hydrogens is 240 g/mol. The Morgan fingerprint density at radius 3 is 2.65 bits per heavy atom. The van der Waals surface area contributed by atoms with Crippen molar-refractivity contribution in [1.29, 1.82) is 0 Å². The van der Waals surface area contributed by atoms with Crippen molar-refractivity contribution in [3.63, 3.8) is 0 Å². The summed E-state index contributed by atoms with van der Waals surface area (Å²) in [6.45, 7) is -0.00304. The second-order valence-corrected chi connectivity index (χ2v) is 4.07. The molecule has 0 atom stereocenters. The molecule has 0 saturated carbocycles. The molecule has 0 heterocycles. The summed E-state index contributed by atoms with van der Waals surface area (Å²) >= 11 is 5.68. The zero-order chi connectivity index (χ0) is 12.8. The number of hydrogen-bond acceptors (Lipinski definition) is 2. The van der Waals surface area contributed by atoms with E-state index >= 15 is 0 Å². The van der Waals surface area contributed by atoms with Gasteiger partial charge in [-0.15, -0.1) is 11.6 Å². The fourth-order valence-corrected chi connectivity index (χ4v) is 1.38. The smallest absolute Gasteiger partial charge is 0.251 e. The van der Waals surface area contributed by atoms with Crippen molar-refractivity contribution in [3.05, 3.63) is 35.4 Å². The van der Waals surface area contributed by atoms with E-state index in [-0.39, 0.29) is 18.4 Å². The molecule has 92 valence electrons. The fraction of sp³-hybridized carbons (Fsp3) is 0.333. The van der Waals surface area contributed by atoms with Crippen LogP contribution in [0.3, 0.4) is 0 Å². The summed E-state index contributed by atoms with van der Waals surface area (Å²) in [5, 5.41) is 2.56. The van der Waals surface area contributed by atoms with Gasteiger partial charge in [0.05, 0.1) is 6.54 Å². The molecule has 17 heavy (non-hydrogen) atoms. The van der Waals surface area contributed by atoms with Gasteiger partial charge < -0.3 is 10.2 Å². The Morgan fingerprint density at radius 1 is 1.35 bits per heavy atom. The Bertz CT molecular complexity index is 419. The van der Waals surface area contributed by atoms with Gasteiger partial charge in [-0.1, -0.05) is 12.1 Å². The number of halogens is 1. The van der Waals surface area contributed by atoms with Gasteiger partial charge in [-0.25, -0.2) is 0 Å². The Labute approximate surface area is 106 Å². The van der Waals surface area contributed by atoms with Gasteiger partial charge in [0.15, 0.2) is 0 Å². The summed E-state index contributed by atoms with van der Waals surface area (Å²) in [6, 6.07) is 7.00. The van der Waals surface area contributed by atoms with E-state index in [0.717, 1.165) is 5.56 Å². The van der Waals surface area contributed by atoms with Crippen LogP contribution in [0.1, 0.15) is 15.9 Å². The van der Waals surface area contributed by atoms with Crippen LogP contribution >= 0.6 is 11.6 Å². The molecule has 1 aromatic carbocycles. The van der Waals surface area contributed by atoms with Crippen molar-refractivity contribution in [2.75, 3.05) is 20.6 Å². The number of amides is 2. The average molecular weight is 255 g/mol. The first-order valence-electron chi connectivity index (χ1n) is 5.18. The summed E-state index contributed by atoms with van der Waals surface area (Å²) in [4.78, 5) is 24.4. The molecule has 2 amide bonds. The normalized spacial score (nSPS) is 9.82. The fourth-order valence-electron chi connectivity index (χ4n) is 1.21. The highest BCUT2D eigenvalue weighted by Gasteiger charge is 2.09. The Kier molecular flexibility index (Phi) is 4.97. The second-order valence-electron chi connectivity index (χ2n) is 3.80. The minimum atomic E-state index is -0.271. The molecule has 0 aliphatic rings. The first-order valence-corrected chi connectivity index (χ1v) is 5.71. The highest BCUT2D eigenvalue weighted by Crippen LogP contribution is 2.07.